The van der Waals surface area contributed by atoms with Gasteiger partial charge in [-0.05, 0) is 38.6 Å². The van der Waals surface area contributed by atoms with Crippen LogP contribution < -0.4 is 5.73 Å². The Morgan fingerprint density at radius 3 is 2.32 bits per heavy atom. The molecule has 0 saturated heterocycles. The lowest BCUT2D eigenvalue weighted by atomic mass is 9.90. The summed E-state index contributed by atoms with van der Waals surface area (Å²) in [5.41, 5.74) is 5.82. The van der Waals surface area contributed by atoms with Gasteiger partial charge in [0.15, 0.2) is 5.92 Å². The summed E-state index contributed by atoms with van der Waals surface area (Å²) in [5, 5.41) is 8.70. The number of hydrogen-bond acceptors (Lipinski definition) is 3. The average Bonchev–Trinajstić information content (AvgIpc) is 2.34. The Bertz CT molecular complexity index is 303. The normalized spacial score (nSPS) is 26.2. The smallest absolute Gasteiger partial charge is 0.328 e. The zero-order valence-corrected chi connectivity index (χ0v) is 11.3. The van der Waals surface area contributed by atoms with Gasteiger partial charge in [0, 0.05) is 18.6 Å². The maximum Gasteiger partial charge on any atom is 0.405 e. The number of halogens is 3. The fourth-order valence-electron chi connectivity index (χ4n) is 2.63. The first-order valence-corrected chi connectivity index (χ1v) is 6.84. The molecule has 2 N–H and O–H groups in total. The third-order valence-corrected chi connectivity index (χ3v) is 3.74. The minimum absolute atomic E-state index is 0.137. The molecule has 1 unspecified atom stereocenters. The fraction of sp³-hybridized carbons (Fsp3) is 0.923. The number of nitriles is 1. The Balaban J connectivity index is 2.64. The third-order valence-electron chi connectivity index (χ3n) is 3.74. The number of nitrogens with zero attached hydrogens (tertiary/aromatic N) is 2. The zero-order valence-electron chi connectivity index (χ0n) is 11.3. The lowest BCUT2D eigenvalue weighted by molar-refractivity contribution is -0.164. The van der Waals surface area contributed by atoms with Crippen LogP contribution in [0.15, 0.2) is 0 Å². The summed E-state index contributed by atoms with van der Waals surface area (Å²) in [6.07, 6.45) is -0.277. The van der Waals surface area contributed by atoms with E-state index in [1.54, 1.807) is 0 Å². The van der Waals surface area contributed by atoms with Gasteiger partial charge in [0.05, 0.1) is 6.07 Å². The fourth-order valence-corrected chi connectivity index (χ4v) is 2.63. The molecule has 110 valence electrons. The highest BCUT2D eigenvalue weighted by Crippen LogP contribution is 2.29. The first kappa shape index (κ1) is 16.3. The van der Waals surface area contributed by atoms with Crippen molar-refractivity contribution in [3.05, 3.63) is 0 Å². The molecule has 0 aromatic rings. The molecular formula is C13H22F3N3. The second-order valence-electron chi connectivity index (χ2n) is 5.29. The van der Waals surface area contributed by atoms with Gasteiger partial charge in [-0.1, -0.05) is 6.92 Å². The van der Waals surface area contributed by atoms with Crippen LogP contribution >= 0.6 is 0 Å². The van der Waals surface area contributed by atoms with Gasteiger partial charge in [0.25, 0.3) is 0 Å². The standard InChI is InChI=1S/C13H22F3N3/c1-2-7-19(9-10(8-17)13(14,15)16)12-5-3-11(18)4-6-12/h10-12H,2-7,9,18H2,1H3. The summed E-state index contributed by atoms with van der Waals surface area (Å²) in [7, 11) is 0. The molecule has 0 spiro atoms. The van der Waals surface area contributed by atoms with Crippen LogP contribution in [0.25, 0.3) is 0 Å². The van der Waals surface area contributed by atoms with Crippen LogP contribution in [0.4, 0.5) is 13.2 Å². The molecule has 3 nitrogen and oxygen atoms in total. The van der Waals surface area contributed by atoms with Crippen molar-refractivity contribution in [2.24, 2.45) is 11.7 Å². The van der Waals surface area contributed by atoms with Gasteiger partial charge < -0.3 is 5.73 Å². The van der Waals surface area contributed by atoms with Crippen LogP contribution in [0, 0.1) is 17.2 Å². The van der Waals surface area contributed by atoms with Crippen molar-refractivity contribution in [1.29, 1.82) is 5.26 Å². The van der Waals surface area contributed by atoms with Crippen LogP contribution in [0.2, 0.25) is 0 Å². The largest absolute Gasteiger partial charge is 0.405 e. The predicted octanol–water partition coefficient (Wildman–Crippen LogP) is 2.67. The molecule has 19 heavy (non-hydrogen) atoms. The molecule has 0 bridgehead atoms. The van der Waals surface area contributed by atoms with Crippen LogP contribution in [0.3, 0.4) is 0 Å². The van der Waals surface area contributed by atoms with Crippen molar-refractivity contribution in [2.75, 3.05) is 13.1 Å². The Labute approximate surface area is 112 Å². The molecule has 0 heterocycles. The maximum absolute atomic E-state index is 12.7. The number of hydrogen-bond donors (Lipinski definition) is 1. The van der Waals surface area contributed by atoms with Crippen molar-refractivity contribution in [2.45, 2.75) is 57.3 Å². The molecule has 1 rings (SSSR count). The van der Waals surface area contributed by atoms with E-state index in [1.807, 2.05) is 11.8 Å². The van der Waals surface area contributed by atoms with Crippen LogP contribution in [-0.4, -0.2) is 36.2 Å². The van der Waals surface area contributed by atoms with E-state index in [-0.39, 0.29) is 18.6 Å². The Morgan fingerprint density at radius 1 is 1.32 bits per heavy atom. The first-order valence-electron chi connectivity index (χ1n) is 6.84. The van der Waals surface area contributed by atoms with Gasteiger partial charge in [-0.25, -0.2) is 0 Å². The van der Waals surface area contributed by atoms with Gasteiger partial charge in [0.2, 0.25) is 0 Å². The molecule has 0 aromatic heterocycles. The van der Waals surface area contributed by atoms with Crippen LogP contribution in [0.5, 0.6) is 0 Å². The molecular weight excluding hydrogens is 255 g/mol. The SMILES string of the molecule is CCCN(CC(C#N)C(F)(F)F)C1CCC(N)CC1. The highest BCUT2D eigenvalue weighted by molar-refractivity contribution is 4.92. The summed E-state index contributed by atoms with van der Waals surface area (Å²) in [6, 6.07) is 1.70. The predicted molar refractivity (Wildman–Crippen MR) is 67.3 cm³/mol. The van der Waals surface area contributed by atoms with Gasteiger partial charge in [-0.2, -0.15) is 18.4 Å². The molecule has 1 saturated carbocycles. The summed E-state index contributed by atoms with van der Waals surface area (Å²) in [6.45, 7) is 2.33. The van der Waals surface area contributed by atoms with Crippen molar-refractivity contribution in [1.82, 2.24) is 4.90 Å². The highest BCUT2D eigenvalue weighted by atomic mass is 19.4. The number of rotatable bonds is 5. The highest BCUT2D eigenvalue weighted by Gasteiger charge is 2.41. The van der Waals surface area contributed by atoms with E-state index in [4.69, 9.17) is 11.0 Å². The molecule has 0 radical (unpaired) electrons. The quantitative estimate of drug-likeness (QED) is 0.840. The van der Waals surface area contributed by atoms with E-state index < -0.39 is 12.1 Å². The summed E-state index contributed by atoms with van der Waals surface area (Å²) in [5.74, 6) is -1.89. The molecule has 0 aromatic carbocycles. The van der Waals surface area contributed by atoms with E-state index in [9.17, 15) is 13.2 Å². The van der Waals surface area contributed by atoms with Crippen molar-refractivity contribution in [3.63, 3.8) is 0 Å². The summed E-state index contributed by atoms with van der Waals surface area (Å²) < 4.78 is 38.0. The minimum atomic E-state index is -4.44. The Kier molecular flexibility index (Phi) is 6.08. The Hall–Kier alpha value is -0.800. The summed E-state index contributed by atoms with van der Waals surface area (Å²) in [4.78, 5) is 1.83. The van der Waals surface area contributed by atoms with Crippen LogP contribution in [-0.2, 0) is 0 Å². The van der Waals surface area contributed by atoms with E-state index >= 15 is 0 Å². The minimum Gasteiger partial charge on any atom is -0.328 e. The monoisotopic (exact) mass is 277 g/mol. The summed E-state index contributed by atoms with van der Waals surface area (Å²) >= 11 is 0. The molecule has 1 aliphatic rings. The van der Waals surface area contributed by atoms with Gasteiger partial charge in [-0.15, -0.1) is 0 Å². The van der Waals surface area contributed by atoms with E-state index in [2.05, 4.69) is 0 Å². The van der Waals surface area contributed by atoms with E-state index in [0.29, 0.717) is 6.54 Å². The van der Waals surface area contributed by atoms with Crippen molar-refractivity contribution >= 4 is 0 Å². The second kappa shape index (κ2) is 7.11. The Morgan fingerprint density at radius 2 is 1.89 bits per heavy atom. The third kappa shape index (κ3) is 5.00. The molecule has 6 heteroatoms. The molecule has 1 atom stereocenters. The van der Waals surface area contributed by atoms with Gasteiger partial charge in [0.1, 0.15) is 0 Å². The molecule has 0 aliphatic heterocycles. The van der Waals surface area contributed by atoms with Crippen LogP contribution in [0.1, 0.15) is 39.0 Å². The first-order chi connectivity index (χ1) is 8.88. The lowest BCUT2D eigenvalue weighted by Crippen LogP contribution is -2.45. The molecule has 1 fully saturated rings. The number of nitrogens with two attached hydrogens (primary N) is 1. The number of alkyl halides is 3. The molecule has 0 amide bonds. The average molecular weight is 277 g/mol. The van der Waals surface area contributed by atoms with E-state index in [1.165, 1.54) is 6.07 Å². The maximum atomic E-state index is 12.7. The topological polar surface area (TPSA) is 53.0 Å². The second-order valence-corrected chi connectivity index (χ2v) is 5.29. The van der Waals surface area contributed by atoms with Gasteiger partial charge >= 0.3 is 6.18 Å². The molecule has 1 aliphatic carbocycles. The van der Waals surface area contributed by atoms with Crippen molar-refractivity contribution < 1.29 is 13.2 Å². The zero-order chi connectivity index (χ0) is 14.5. The van der Waals surface area contributed by atoms with Crippen molar-refractivity contribution in [3.8, 4) is 6.07 Å². The van der Waals surface area contributed by atoms with E-state index in [0.717, 1.165) is 32.1 Å². The lowest BCUT2D eigenvalue weighted by Gasteiger charge is -2.37. The van der Waals surface area contributed by atoms with Gasteiger partial charge in [-0.3, -0.25) is 4.90 Å².